The zero-order valence-corrected chi connectivity index (χ0v) is 13.5. The van der Waals surface area contributed by atoms with E-state index in [4.69, 9.17) is 0 Å². The van der Waals surface area contributed by atoms with E-state index in [-0.39, 0.29) is 11.9 Å². The standard InChI is InChI=1S/C17H18BrFN2/c1-2-20-17(13-8-6-12(19)10-15(13)18)14-7-5-11-4-3-9-21-16(11)14/h3-4,6,8-10,14,17,20H,2,5,7H2,1H3. The van der Waals surface area contributed by atoms with Crippen molar-refractivity contribution in [2.24, 2.45) is 0 Å². The molecule has 1 aliphatic rings. The molecular weight excluding hydrogens is 331 g/mol. The summed E-state index contributed by atoms with van der Waals surface area (Å²) >= 11 is 3.50. The summed E-state index contributed by atoms with van der Waals surface area (Å²) in [6, 6.07) is 9.24. The number of hydrogen-bond donors (Lipinski definition) is 1. The van der Waals surface area contributed by atoms with Crippen LogP contribution in [0, 0.1) is 5.82 Å². The van der Waals surface area contributed by atoms with Gasteiger partial charge in [0.2, 0.25) is 0 Å². The Morgan fingerprint density at radius 3 is 3.05 bits per heavy atom. The van der Waals surface area contributed by atoms with Gasteiger partial charge in [-0.2, -0.15) is 0 Å². The van der Waals surface area contributed by atoms with Gasteiger partial charge in [-0.25, -0.2) is 4.39 Å². The summed E-state index contributed by atoms with van der Waals surface area (Å²) in [5, 5.41) is 3.55. The van der Waals surface area contributed by atoms with Crippen LogP contribution in [0.5, 0.6) is 0 Å². The molecule has 2 aromatic rings. The van der Waals surface area contributed by atoms with Crippen molar-refractivity contribution in [1.82, 2.24) is 10.3 Å². The maximum atomic E-state index is 13.4. The van der Waals surface area contributed by atoms with E-state index in [1.54, 1.807) is 0 Å². The summed E-state index contributed by atoms with van der Waals surface area (Å²) in [6.45, 7) is 2.96. The van der Waals surface area contributed by atoms with Gasteiger partial charge in [0.15, 0.2) is 0 Å². The van der Waals surface area contributed by atoms with E-state index in [9.17, 15) is 4.39 Å². The lowest BCUT2D eigenvalue weighted by molar-refractivity contribution is 0.445. The van der Waals surface area contributed by atoms with Gasteiger partial charge in [0, 0.05) is 28.3 Å². The molecule has 2 nitrogen and oxygen atoms in total. The molecule has 1 N–H and O–H groups in total. The predicted octanol–water partition coefficient (Wildman–Crippen LogP) is 4.36. The Hall–Kier alpha value is -1.26. The SMILES string of the molecule is CCNC(c1ccc(F)cc1Br)C1CCc2cccnc21. The first-order valence-corrected chi connectivity index (χ1v) is 8.12. The molecule has 2 atom stereocenters. The average molecular weight is 349 g/mol. The van der Waals surface area contributed by atoms with Gasteiger partial charge in [-0.1, -0.05) is 35.0 Å². The van der Waals surface area contributed by atoms with E-state index >= 15 is 0 Å². The summed E-state index contributed by atoms with van der Waals surface area (Å²) in [5.41, 5.74) is 3.62. The Balaban J connectivity index is 1.99. The normalized spacial score (nSPS) is 18.5. The van der Waals surface area contributed by atoms with E-state index in [2.05, 4.69) is 39.2 Å². The van der Waals surface area contributed by atoms with Crippen molar-refractivity contribution in [2.45, 2.75) is 31.7 Å². The maximum Gasteiger partial charge on any atom is 0.124 e. The van der Waals surface area contributed by atoms with Crippen LogP contribution in [0.2, 0.25) is 0 Å². The van der Waals surface area contributed by atoms with Gasteiger partial charge in [0.1, 0.15) is 5.82 Å². The van der Waals surface area contributed by atoms with Gasteiger partial charge in [0.05, 0.1) is 0 Å². The topological polar surface area (TPSA) is 24.9 Å². The smallest absolute Gasteiger partial charge is 0.124 e. The predicted molar refractivity (Wildman–Crippen MR) is 85.8 cm³/mol. The van der Waals surface area contributed by atoms with Gasteiger partial charge in [0.25, 0.3) is 0 Å². The first kappa shape index (κ1) is 14.7. The molecule has 21 heavy (non-hydrogen) atoms. The molecule has 0 fully saturated rings. The molecule has 2 unspecified atom stereocenters. The molecule has 0 spiro atoms. The zero-order valence-electron chi connectivity index (χ0n) is 11.9. The molecule has 0 bridgehead atoms. The van der Waals surface area contributed by atoms with Crippen molar-refractivity contribution in [3.05, 3.63) is 63.6 Å². The van der Waals surface area contributed by atoms with Crippen LogP contribution in [0.1, 0.15) is 42.1 Å². The molecular formula is C17H18BrFN2. The monoisotopic (exact) mass is 348 g/mol. The average Bonchev–Trinajstić information content (AvgIpc) is 2.89. The Morgan fingerprint density at radius 2 is 2.29 bits per heavy atom. The van der Waals surface area contributed by atoms with Crippen molar-refractivity contribution in [3.63, 3.8) is 0 Å². The molecule has 1 aromatic heterocycles. The maximum absolute atomic E-state index is 13.4. The second kappa shape index (κ2) is 6.24. The van der Waals surface area contributed by atoms with Crippen LogP contribution in [0.15, 0.2) is 41.0 Å². The summed E-state index contributed by atoms with van der Waals surface area (Å²) in [4.78, 5) is 4.59. The zero-order chi connectivity index (χ0) is 14.8. The first-order valence-electron chi connectivity index (χ1n) is 7.32. The Kier molecular flexibility index (Phi) is 4.36. The van der Waals surface area contributed by atoms with E-state index in [1.807, 2.05) is 18.3 Å². The first-order chi connectivity index (χ1) is 10.2. The quantitative estimate of drug-likeness (QED) is 0.887. The van der Waals surface area contributed by atoms with Crippen LogP contribution in [0.4, 0.5) is 4.39 Å². The lowest BCUT2D eigenvalue weighted by atomic mass is 9.90. The molecule has 1 heterocycles. The number of aryl methyl sites for hydroxylation is 1. The molecule has 110 valence electrons. The number of fused-ring (bicyclic) bond motifs is 1. The van der Waals surface area contributed by atoms with Crippen molar-refractivity contribution in [1.29, 1.82) is 0 Å². The fraction of sp³-hybridized carbons (Fsp3) is 0.353. The molecule has 0 aliphatic heterocycles. The number of nitrogens with one attached hydrogen (secondary N) is 1. The highest BCUT2D eigenvalue weighted by Gasteiger charge is 2.32. The number of benzene rings is 1. The van der Waals surface area contributed by atoms with E-state index < -0.39 is 0 Å². The van der Waals surface area contributed by atoms with Crippen LogP contribution >= 0.6 is 15.9 Å². The summed E-state index contributed by atoms with van der Waals surface area (Å²) in [5.74, 6) is 0.119. The molecule has 0 amide bonds. The Labute approximate surface area is 132 Å². The minimum absolute atomic E-state index is 0.154. The number of rotatable bonds is 4. The number of halogens is 2. The van der Waals surface area contributed by atoms with Gasteiger partial charge in [-0.3, -0.25) is 4.98 Å². The molecule has 1 aliphatic carbocycles. The summed E-state index contributed by atoms with van der Waals surface area (Å²) < 4.78 is 14.2. The van der Waals surface area contributed by atoms with Crippen LogP contribution in [-0.4, -0.2) is 11.5 Å². The minimum atomic E-state index is -0.217. The lowest BCUT2D eigenvalue weighted by Crippen LogP contribution is -2.27. The van der Waals surface area contributed by atoms with E-state index in [0.717, 1.165) is 29.4 Å². The van der Waals surface area contributed by atoms with Gasteiger partial charge >= 0.3 is 0 Å². The summed E-state index contributed by atoms with van der Waals surface area (Å²) in [6.07, 6.45) is 4.00. The number of hydrogen-bond acceptors (Lipinski definition) is 2. The second-order valence-corrected chi connectivity index (χ2v) is 6.25. The van der Waals surface area contributed by atoms with Crippen LogP contribution < -0.4 is 5.32 Å². The molecule has 4 heteroatoms. The Morgan fingerprint density at radius 1 is 1.43 bits per heavy atom. The largest absolute Gasteiger partial charge is 0.310 e. The number of likely N-dealkylation sites (N-methyl/N-ethyl adjacent to an activating group) is 1. The second-order valence-electron chi connectivity index (χ2n) is 5.39. The van der Waals surface area contributed by atoms with E-state index in [1.165, 1.54) is 23.4 Å². The van der Waals surface area contributed by atoms with E-state index in [0.29, 0.717) is 5.92 Å². The highest BCUT2D eigenvalue weighted by molar-refractivity contribution is 9.10. The fourth-order valence-corrected chi connectivity index (χ4v) is 3.81. The van der Waals surface area contributed by atoms with Crippen molar-refractivity contribution >= 4 is 15.9 Å². The molecule has 0 radical (unpaired) electrons. The number of aromatic nitrogens is 1. The molecule has 0 saturated heterocycles. The fourth-order valence-electron chi connectivity index (χ4n) is 3.21. The van der Waals surface area contributed by atoms with Crippen LogP contribution in [-0.2, 0) is 6.42 Å². The van der Waals surface area contributed by atoms with Crippen LogP contribution in [0.3, 0.4) is 0 Å². The van der Waals surface area contributed by atoms with Crippen molar-refractivity contribution in [2.75, 3.05) is 6.54 Å². The number of pyridine rings is 1. The van der Waals surface area contributed by atoms with Gasteiger partial charge in [-0.15, -0.1) is 0 Å². The minimum Gasteiger partial charge on any atom is -0.310 e. The highest BCUT2D eigenvalue weighted by atomic mass is 79.9. The third-order valence-electron chi connectivity index (χ3n) is 4.13. The van der Waals surface area contributed by atoms with Crippen molar-refractivity contribution < 1.29 is 4.39 Å². The number of nitrogens with zero attached hydrogens (tertiary/aromatic N) is 1. The third kappa shape index (κ3) is 2.87. The molecule has 0 saturated carbocycles. The van der Waals surface area contributed by atoms with Crippen LogP contribution in [0.25, 0.3) is 0 Å². The third-order valence-corrected chi connectivity index (χ3v) is 4.81. The molecule has 3 rings (SSSR count). The van der Waals surface area contributed by atoms with Gasteiger partial charge < -0.3 is 5.32 Å². The lowest BCUT2D eigenvalue weighted by Gasteiger charge is -2.26. The van der Waals surface area contributed by atoms with Gasteiger partial charge in [-0.05, 0) is 48.7 Å². The Bertz CT molecular complexity index is 644. The molecule has 1 aromatic carbocycles. The highest BCUT2D eigenvalue weighted by Crippen LogP contribution is 2.42. The van der Waals surface area contributed by atoms with Crippen molar-refractivity contribution in [3.8, 4) is 0 Å². The summed E-state index contributed by atoms with van der Waals surface area (Å²) in [7, 11) is 0.